The van der Waals surface area contributed by atoms with E-state index in [0.717, 1.165) is 10.1 Å². The smallest absolute Gasteiger partial charge is 0.279 e. The van der Waals surface area contributed by atoms with Gasteiger partial charge >= 0.3 is 0 Å². The lowest BCUT2D eigenvalue weighted by Crippen LogP contribution is -2.55. The average molecular weight is 361 g/mol. The standard InChI is InChI=1S/C14H24FN5O3S/c1-19(9-6-15)24(21,22)18-13-5-8-20(10-12(13)11-23-2)14-4-3-7-16-17-14/h3-4,7,12-13,18H,5-6,8-11H2,1-2H3. The maximum Gasteiger partial charge on any atom is 0.279 e. The number of hydrogen-bond acceptors (Lipinski definition) is 6. The average Bonchev–Trinajstić information content (AvgIpc) is 2.57. The van der Waals surface area contributed by atoms with Gasteiger partial charge in [0.25, 0.3) is 10.2 Å². The van der Waals surface area contributed by atoms with E-state index in [-0.39, 0.29) is 18.5 Å². The summed E-state index contributed by atoms with van der Waals surface area (Å²) in [5, 5.41) is 7.97. The van der Waals surface area contributed by atoms with Crippen LogP contribution in [-0.4, -0.2) is 76.0 Å². The van der Waals surface area contributed by atoms with E-state index < -0.39 is 16.9 Å². The van der Waals surface area contributed by atoms with Crippen LogP contribution in [0, 0.1) is 5.92 Å². The molecule has 0 spiro atoms. The van der Waals surface area contributed by atoms with Crippen LogP contribution in [0.1, 0.15) is 6.42 Å². The number of anilines is 1. The van der Waals surface area contributed by atoms with Gasteiger partial charge in [0.05, 0.1) is 6.61 Å². The van der Waals surface area contributed by atoms with Gasteiger partial charge in [0.1, 0.15) is 6.67 Å². The molecule has 0 amide bonds. The van der Waals surface area contributed by atoms with Gasteiger partial charge in [-0.15, -0.1) is 5.10 Å². The Kier molecular flexibility index (Phi) is 6.84. The minimum Gasteiger partial charge on any atom is -0.384 e. The van der Waals surface area contributed by atoms with Gasteiger partial charge in [-0.05, 0) is 18.6 Å². The van der Waals surface area contributed by atoms with Crippen molar-refractivity contribution < 1.29 is 17.5 Å². The molecule has 24 heavy (non-hydrogen) atoms. The van der Waals surface area contributed by atoms with Gasteiger partial charge in [0.2, 0.25) is 0 Å². The Morgan fingerprint density at radius 2 is 2.33 bits per heavy atom. The number of piperidine rings is 1. The molecule has 1 aromatic heterocycles. The Balaban J connectivity index is 2.06. The van der Waals surface area contributed by atoms with Crippen LogP contribution >= 0.6 is 0 Å². The number of hydrogen-bond donors (Lipinski definition) is 1. The number of methoxy groups -OCH3 is 1. The molecule has 1 aliphatic heterocycles. The molecule has 1 saturated heterocycles. The third-order valence-corrected chi connectivity index (χ3v) is 5.71. The van der Waals surface area contributed by atoms with Crippen molar-refractivity contribution in [3.05, 3.63) is 18.3 Å². The molecule has 0 bridgehead atoms. The van der Waals surface area contributed by atoms with Crippen LogP contribution in [0.3, 0.4) is 0 Å². The molecule has 136 valence electrons. The fraction of sp³-hybridized carbons (Fsp3) is 0.714. The molecule has 1 aliphatic rings. The van der Waals surface area contributed by atoms with Crippen LogP contribution in [0.15, 0.2) is 18.3 Å². The molecule has 0 saturated carbocycles. The zero-order chi connectivity index (χ0) is 17.6. The molecule has 2 atom stereocenters. The Bertz CT molecular complexity index is 604. The van der Waals surface area contributed by atoms with Crippen molar-refractivity contribution in [1.29, 1.82) is 0 Å². The van der Waals surface area contributed by atoms with Crippen molar-refractivity contribution in [3.63, 3.8) is 0 Å². The normalized spacial score (nSPS) is 22.1. The minimum absolute atomic E-state index is 0.0423. The molecule has 1 aromatic rings. The number of nitrogens with zero attached hydrogens (tertiary/aromatic N) is 4. The first-order valence-electron chi connectivity index (χ1n) is 7.79. The highest BCUT2D eigenvalue weighted by atomic mass is 32.2. The molecule has 2 heterocycles. The van der Waals surface area contributed by atoms with Crippen molar-refractivity contribution >= 4 is 16.0 Å². The second-order valence-corrected chi connectivity index (χ2v) is 7.58. The van der Waals surface area contributed by atoms with Crippen molar-refractivity contribution in [2.75, 3.05) is 52.0 Å². The van der Waals surface area contributed by atoms with E-state index in [9.17, 15) is 12.8 Å². The van der Waals surface area contributed by atoms with Gasteiger partial charge in [0.15, 0.2) is 5.82 Å². The van der Waals surface area contributed by atoms with Gasteiger partial charge in [-0.2, -0.15) is 22.5 Å². The Labute approximate surface area is 142 Å². The zero-order valence-electron chi connectivity index (χ0n) is 13.9. The van der Waals surface area contributed by atoms with E-state index in [1.165, 1.54) is 7.05 Å². The molecule has 1 N–H and O–H groups in total. The summed E-state index contributed by atoms with van der Waals surface area (Å²) in [6.45, 7) is 0.787. The molecule has 0 radical (unpaired) electrons. The summed E-state index contributed by atoms with van der Waals surface area (Å²) in [5.74, 6) is 0.716. The fourth-order valence-corrected chi connectivity index (χ4v) is 3.94. The van der Waals surface area contributed by atoms with E-state index in [4.69, 9.17) is 4.74 Å². The lowest BCUT2D eigenvalue weighted by Gasteiger charge is -2.39. The summed E-state index contributed by atoms with van der Waals surface area (Å²) in [7, 11) is -0.766. The van der Waals surface area contributed by atoms with Crippen LogP contribution in [0.5, 0.6) is 0 Å². The van der Waals surface area contributed by atoms with E-state index >= 15 is 0 Å². The van der Waals surface area contributed by atoms with Crippen molar-refractivity contribution in [2.24, 2.45) is 5.92 Å². The zero-order valence-corrected chi connectivity index (χ0v) is 14.7. The van der Waals surface area contributed by atoms with Crippen molar-refractivity contribution in [2.45, 2.75) is 12.5 Å². The second-order valence-electron chi connectivity index (χ2n) is 5.77. The highest BCUT2D eigenvalue weighted by Crippen LogP contribution is 2.22. The predicted octanol–water partition coefficient (Wildman–Crippen LogP) is 0.0536. The first-order chi connectivity index (χ1) is 11.5. The first kappa shape index (κ1) is 19.0. The summed E-state index contributed by atoms with van der Waals surface area (Å²) in [6, 6.07) is 3.41. The summed E-state index contributed by atoms with van der Waals surface area (Å²) >= 11 is 0. The molecule has 8 nitrogen and oxygen atoms in total. The van der Waals surface area contributed by atoms with Crippen LogP contribution < -0.4 is 9.62 Å². The third-order valence-electron chi connectivity index (χ3n) is 4.11. The van der Waals surface area contributed by atoms with Gasteiger partial charge < -0.3 is 9.64 Å². The molecule has 2 rings (SSSR count). The summed E-state index contributed by atoms with van der Waals surface area (Å²) in [5.41, 5.74) is 0. The predicted molar refractivity (Wildman–Crippen MR) is 88.7 cm³/mol. The first-order valence-corrected chi connectivity index (χ1v) is 9.23. The Morgan fingerprint density at radius 3 is 2.96 bits per heavy atom. The molecule has 0 aliphatic carbocycles. The van der Waals surface area contributed by atoms with Gasteiger partial charge in [0, 0.05) is 51.9 Å². The number of rotatable bonds is 8. The quantitative estimate of drug-likeness (QED) is 0.704. The second kappa shape index (κ2) is 8.65. The highest BCUT2D eigenvalue weighted by molar-refractivity contribution is 7.87. The summed E-state index contributed by atoms with van der Waals surface area (Å²) in [4.78, 5) is 2.06. The Morgan fingerprint density at radius 1 is 1.54 bits per heavy atom. The van der Waals surface area contributed by atoms with E-state index in [1.54, 1.807) is 13.3 Å². The van der Waals surface area contributed by atoms with Gasteiger partial charge in [-0.25, -0.2) is 4.39 Å². The molecule has 0 aromatic carbocycles. The molecule has 1 fully saturated rings. The Hall–Kier alpha value is -1.36. The topological polar surface area (TPSA) is 87.7 Å². The van der Waals surface area contributed by atoms with Crippen LogP contribution in [-0.2, 0) is 14.9 Å². The van der Waals surface area contributed by atoms with Crippen molar-refractivity contribution in [3.8, 4) is 0 Å². The number of halogens is 1. The minimum atomic E-state index is -3.71. The van der Waals surface area contributed by atoms with Crippen LogP contribution in [0.2, 0.25) is 0 Å². The molecule has 2 unspecified atom stereocenters. The molecular formula is C14H24FN5O3S. The van der Waals surface area contributed by atoms with E-state index in [2.05, 4.69) is 19.8 Å². The monoisotopic (exact) mass is 361 g/mol. The fourth-order valence-electron chi connectivity index (χ4n) is 2.76. The SMILES string of the molecule is COCC1CN(c2cccnn2)CCC1NS(=O)(=O)N(C)CCF. The highest BCUT2D eigenvalue weighted by Gasteiger charge is 2.33. The maximum atomic E-state index is 12.4. The number of alkyl halides is 1. The number of ether oxygens (including phenoxy) is 1. The van der Waals surface area contributed by atoms with Crippen LogP contribution in [0.25, 0.3) is 0 Å². The lowest BCUT2D eigenvalue weighted by atomic mass is 9.93. The van der Waals surface area contributed by atoms with Gasteiger partial charge in [-0.1, -0.05) is 0 Å². The number of nitrogens with one attached hydrogen (secondary N) is 1. The molecular weight excluding hydrogens is 337 g/mol. The van der Waals surface area contributed by atoms with E-state index in [0.29, 0.717) is 26.1 Å². The summed E-state index contributed by atoms with van der Waals surface area (Å²) < 4.78 is 45.9. The van der Waals surface area contributed by atoms with Crippen LogP contribution in [0.4, 0.5) is 10.2 Å². The third kappa shape index (κ3) is 4.82. The summed E-state index contributed by atoms with van der Waals surface area (Å²) in [6.07, 6.45) is 2.21. The molecule has 10 heteroatoms. The van der Waals surface area contributed by atoms with E-state index in [1.807, 2.05) is 12.1 Å². The maximum absolute atomic E-state index is 12.4. The van der Waals surface area contributed by atoms with Crippen molar-refractivity contribution in [1.82, 2.24) is 19.2 Å². The number of aromatic nitrogens is 2. The van der Waals surface area contributed by atoms with Gasteiger partial charge in [-0.3, -0.25) is 0 Å². The largest absolute Gasteiger partial charge is 0.384 e. The lowest BCUT2D eigenvalue weighted by molar-refractivity contribution is 0.127.